The van der Waals surface area contributed by atoms with Gasteiger partial charge in [0.25, 0.3) is 11.2 Å². The number of nitrogens with zero attached hydrogens (tertiary/aromatic N) is 5. The van der Waals surface area contributed by atoms with Crippen LogP contribution in [0.2, 0.25) is 0 Å². The minimum atomic E-state index is -6.17. The number of H-pyrrole nitrogens is 1. The highest BCUT2D eigenvalue weighted by molar-refractivity contribution is 5.81. The predicted molar refractivity (Wildman–Crippen MR) is 183 cm³/mol. The first-order chi connectivity index (χ1) is 27.1. The van der Waals surface area contributed by atoms with Crippen molar-refractivity contribution < 1.29 is 62.5 Å². The lowest BCUT2D eigenvalue weighted by Gasteiger charge is -2.37. The van der Waals surface area contributed by atoms with Crippen LogP contribution in [-0.2, 0) is 29.1 Å². The Balaban J connectivity index is 1.34. The van der Waals surface area contributed by atoms with Gasteiger partial charge in [-0.2, -0.15) is 52.7 Å². The Hall–Kier alpha value is -5.76. The van der Waals surface area contributed by atoms with Crippen LogP contribution in [0, 0.1) is 0 Å². The van der Waals surface area contributed by atoms with Crippen LogP contribution in [0.5, 0.6) is 0 Å². The summed E-state index contributed by atoms with van der Waals surface area (Å²) >= 11 is 0. The largest absolute Gasteiger partial charge is 0.430 e. The number of hydrogen-bond donors (Lipinski definition) is 2. The monoisotopic (exact) mass is 828 g/mol. The van der Waals surface area contributed by atoms with E-state index in [4.69, 9.17) is 9.72 Å². The summed E-state index contributed by atoms with van der Waals surface area (Å²) in [5.74, 6) is -0.128. The van der Waals surface area contributed by atoms with Gasteiger partial charge in [-0.25, -0.2) is 9.97 Å². The lowest BCUT2D eigenvalue weighted by Crippen LogP contribution is -2.55. The van der Waals surface area contributed by atoms with Gasteiger partial charge in [0.15, 0.2) is 0 Å². The van der Waals surface area contributed by atoms with Gasteiger partial charge < -0.3 is 19.4 Å². The molecule has 8 nitrogen and oxygen atoms in total. The van der Waals surface area contributed by atoms with Crippen molar-refractivity contribution in [3.8, 4) is 45.3 Å². The number of aromatic nitrogens is 6. The van der Waals surface area contributed by atoms with Crippen molar-refractivity contribution in [2.24, 2.45) is 0 Å². The predicted octanol–water partition coefficient (Wildman–Crippen LogP) is 10.3. The maximum atomic E-state index is 14.8. The number of rotatable bonds is 11. The van der Waals surface area contributed by atoms with Crippen molar-refractivity contribution in [2.45, 2.75) is 62.4 Å². The summed E-state index contributed by atoms with van der Waals surface area (Å²) in [6.45, 7) is 0.834. The number of hydrogen-bond acceptors (Lipinski definition) is 6. The SMILES string of the molecule is CCCn1c(-c2ccc(C(OCc3cnc(-c4ccc(C(O)(C(F)(F)F)C(F)(F)F)cc4)[nH]3)(C(F)(F)F)C(F)(F)F)cc2)nc(-c2cccnc2)c1-c1cccnc1. The fraction of sp³-hybridized carbons (Fsp3) is 0.263. The number of ether oxygens (including phenoxy) is 1. The molecule has 0 spiro atoms. The Kier molecular flexibility index (Phi) is 11.0. The first-order valence-corrected chi connectivity index (χ1v) is 16.9. The summed E-state index contributed by atoms with van der Waals surface area (Å²) in [7, 11) is 0. The van der Waals surface area contributed by atoms with Gasteiger partial charge in [0, 0.05) is 64.7 Å². The van der Waals surface area contributed by atoms with Crippen molar-refractivity contribution >= 4 is 0 Å². The van der Waals surface area contributed by atoms with Crippen LogP contribution < -0.4 is 0 Å². The second kappa shape index (κ2) is 15.2. The summed E-state index contributed by atoms with van der Waals surface area (Å²) in [6, 6.07) is 12.2. The molecule has 306 valence electrons. The first-order valence-electron chi connectivity index (χ1n) is 16.9. The molecule has 0 aliphatic carbocycles. The van der Waals surface area contributed by atoms with E-state index in [0.29, 0.717) is 71.9 Å². The Bertz CT molecular complexity index is 2290. The van der Waals surface area contributed by atoms with E-state index in [1.807, 2.05) is 6.92 Å². The molecule has 0 radical (unpaired) electrons. The van der Waals surface area contributed by atoms with E-state index in [9.17, 15) is 57.8 Å². The average Bonchev–Trinajstić information content (AvgIpc) is 3.79. The summed E-state index contributed by atoms with van der Waals surface area (Å²) in [6.07, 6.45) is -16.9. The molecule has 6 aromatic rings. The van der Waals surface area contributed by atoms with Crippen molar-refractivity contribution in [2.75, 3.05) is 0 Å². The molecule has 0 amide bonds. The first kappa shape index (κ1) is 41.9. The topological polar surface area (TPSA) is 102 Å². The Morgan fingerprint density at radius 2 is 1.17 bits per heavy atom. The number of pyridine rings is 2. The normalized spacial score (nSPS) is 13.3. The molecule has 2 aromatic carbocycles. The van der Waals surface area contributed by atoms with E-state index >= 15 is 0 Å². The fourth-order valence-corrected chi connectivity index (χ4v) is 6.33. The van der Waals surface area contributed by atoms with Crippen molar-refractivity contribution in [1.82, 2.24) is 29.5 Å². The Labute approximate surface area is 320 Å². The molecule has 0 saturated carbocycles. The molecule has 0 aliphatic rings. The van der Waals surface area contributed by atoms with Crippen LogP contribution >= 0.6 is 0 Å². The van der Waals surface area contributed by atoms with Gasteiger partial charge in [0.1, 0.15) is 11.6 Å². The van der Waals surface area contributed by atoms with Crippen LogP contribution in [0.15, 0.2) is 104 Å². The van der Waals surface area contributed by atoms with Crippen LogP contribution in [0.4, 0.5) is 52.7 Å². The van der Waals surface area contributed by atoms with Crippen LogP contribution in [0.3, 0.4) is 0 Å². The molecule has 0 fully saturated rings. The second-order valence-electron chi connectivity index (χ2n) is 12.9. The maximum absolute atomic E-state index is 14.8. The summed E-state index contributed by atoms with van der Waals surface area (Å²) in [5.41, 5.74) is -11.3. The van der Waals surface area contributed by atoms with Crippen LogP contribution in [-0.4, -0.2) is 59.3 Å². The van der Waals surface area contributed by atoms with Crippen LogP contribution in [0.1, 0.15) is 30.2 Å². The van der Waals surface area contributed by atoms with E-state index < -0.39 is 59.3 Å². The molecule has 0 saturated heterocycles. The Morgan fingerprint density at radius 1 is 0.638 bits per heavy atom. The van der Waals surface area contributed by atoms with E-state index in [2.05, 4.69) is 19.9 Å². The second-order valence-corrected chi connectivity index (χ2v) is 12.9. The third kappa shape index (κ3) is 7.41. The zero-order valence-corrected chi connectivity index (χ0v) is 29.6. The van der Waals surface area contributed by atoms with E-state index in [-0.39, 0.29) is 22.8 Å². The molecule has 6 rings (SSSR count). The number of imidazole rings is 2. The fourth-order valence-electron chi connectivity index (χ4n) is 6.33. The number of halogens is 12. The van der Waals surface area contributed by atoms with Gasteiger partial charge in [0.2, 0.25) is 0 Å². The molecule has 0 bridgehead atoms. The van der Waals surface area contributed by atoms with Crippen molar-refractivity contribution in [3.05, 3.63) is 121 Å². The van der Waals surface area contributed by atoms with Gasteiger partial charge in [0.05, 0.1) is 29.9 Å². The average molecular weight is 829 g/mol. The highest BCUT2D eigenvalue weighted by Gasteiger charge is 2.74. The van der Waals surface area contributed by atoms with Crippen molar-refractivity contribution in [1.29, 1.82) is 0 Å². The van der Waals surface area contributed by atoms with Gasteiger partial charge in [-0.05, 0) is 30.7 Å². The Morgan fingerprint density at radius 3 is 1.67 bits per heavy atom. The standard InChI is InChI=1S/C38H28F12N6O2/c1-2-17-56-30(25-6-4-16-52-19-25)29(24-5-3-15-51-18-24)55-32(56)23-9-13-27(14-10-23)34(37(45,46)47,38(48,49)50)58-21-28-20-53-31(54-28)22-7-11-26(12-8-22)33(57,35(39,40)41)36(42,43)44/h3-16,18-20,57H,2,17,21H2,1H3,(H,53,54). The maximum Gasteiger partial charge on any atom is 0.430 e. The van der Waals surface area contributed by atoms with E-state index in [1.165, 1.54) is 0 Å². The molecule has 2 N–H and O–H groups in total. The van der Waals surface area contributed by atoms with Gasteiger partial charge >= 0.3 is 24.7 Å². The molecule has 4 heterocycles. The van der Waals surface area contributed by atoms with Crippen LogP contribution in [0.25, 0.3) is 45.3 Å². The number of nitrogens with one attached hydrogen (secondary N) is 1. The quantitative estimate of drug-likeness (QED) is 0.126. The summed E-state index contributed by atoms with van der Waals surface area (Å²) in [5, 5.41) is 9.62. The van der Waals surface area contributed by atoms with Gasteiger partial charge in [-0.3, -0.25) is 9.97 Å². The molecule has 4 aromatic heterocycles. The molecular weight excluding hydrogens is 800 g/mol. The zero-order chi connectivity index (χ0) is 42.3. The lowest BCUT2D eigenvalue weighted by atomic mass is 9.91. The molecular formula is C38H28F12N6O2. The number of benzene rings is 2. The third-order valence-corrected chi connectivity index (χ3v) is 9.10. The minimum Gasteiger partial charge on any atom is -0.369 e. The molecule has 0 aliphatic heterocycles. The lowest BCUT2D eigenvalue weighted by molar-refractivity contribution is -0.392. The third-order valence-electron chi connectivity index (χ3n) is 9.10. The molecule has 0 unspecified atom stereocenters. The van der Waals surface area contributed by atoms with E-state index in [0.717, 1.165) is 18.3 Å². The van der Waals surface area contributed by atoms with Gasteiger partial charge in [-0.1, -0.05) is 55.5 Å². The highest BCUT2D eigenvalue weighted by atomic mass is 19.4. The number of alkyl halides is 12. The number of aromatic amines is 1. The minimum absolute atomic E-state index is 0.170. The highest BCUT2D eigenvalue weighted by Crippen LogP contribution is 2.54. The summed E-state index contributed by atoms with van der Waals surface area (Å²) in [4.78, 5) is 19.2. The zero-order valence-electron chi connectivity index (χ0n) is 29.6. The van der Waals surface area contributed by atoms with Crippen molar-refractivity contribution in [3.63, 3.8) is 0 Å². The molecule has 20 heteroatoms. The molecule has 58 heavy (non-hydrogen) atoms. The summed E-state index contributed by atoms with van der Waals surface area (Å²) < 4.78 is 175. The smallest absolute Gasteiger partial charge is 0.369 e. The molecule has 0 atom stereocenters. The number of aliphatic hydroxyl groups is 1. The van der Waals surface area contributed by atoms with Gasteiger partial charge in [-0.15, -0.1) is 0 Å². The van der Waals surface area contributed by atoms with E-state index in [1.54, 1.807) is 53.6 Å².